The molecule has 2 N–H and O–H groups in total. The molecule has 0 spiro atoms. The van der Waals surface area contributed by atoms with Crippen molar-refractivity contribution in [1.29, 1.82) is 0 Å². The number of hydrogen-bond donors (Lipinski definition) is 2. The maximum Gasteiger partial charge on any atom is 0.199 e. The Morgan fingerprint density at radius 3 is 2.33 bits per heavy atom. The monoisotopic (exact) mass is 221 g/mol. The van der Waals surface area contributed by atoms with Gasteiger partial charge in [-0.3, -0.25) is 10.1 Å². The van der Waals surface area contributed by atoms with Crippen molar-refractivity contribution in [3.63, 3.8) is 0 Å². The molecule has 0 aliphatic rings. The number of hydrogen-bond acceptors (Lipinski definition) is 1. The van der Waals surface area contributed by atoms with E-state index in [1.807, 2.05) is 0 Å². The van der Waals surface area contributed by atoms with E-state index >= 15 is 0 Å². The fraction of sp³-hybridized carbons (Fsp3) is 0.143. The van der Waals surface area contributed by atoms with E-state index < -0.39 is 6.49 Å². The standard InChI is InChI=1S/C7H9ClNOPS/c8-7-3-1-6(2-4-7)5-11(9,10)12/h1-4H,5H2,(H3,9,10,12). The normalized spacial score (nSPS) is 15.6. The zero-order valence-corrected chi connectivity index (χ0v) is 8.82. The van der Waals surface area contributed by atoms with E-state index in [2.05, 4.69) is 12.2 Å². The molecule has 0 bridgehead atoms. The largest absolute Gasteiger partial charge is 0.295 e. The molecule has 1 unspecified atom stereocenters. The molecule has 1 aromatic carbocycles. The Hall–Kier alpha value is 0.0500. The topological polar surface area (TPSA) is 43.1 Å². The molecule has 0 fully saturated rings. The van der Waals surface area contributed by atoms with Gasteiger partial charge in [0.25, 0.3) is 0 Å². The second-order valence-corrected chi connectivity index (χ2v) is 6.84. The average Bonchev–Trinajstić information content (AvgIpc) is 1.91. The molecule has 0 radical (unpaired) electrons. The first-order valence-electron chi connectivity index (χ1n) is 3.32. The summed E-state index contributed by atoms with van der Waals surface area (Å²) in [5.41, 5.74) is 6.18. The smallest absolute Gasteiger partial charge is 0.199 e. The highest BCUT2D eigenvalue weighted by Gasteiger charge is 2.09. The lowest BCUT2D eigenvalue weighted by atomic mass is 10.2. The maximum atomic E-state index is 11.1. The Morgan fingerprint density at radius 1 is 1.42 bits per heavy atom. The summed E-state index contributed by atoms with van der Waals surface area (Å²) in [5, 5.41) is 0.657. The minimum Gasteiger partial charge on any atom is -0.295 e. The first-order chi connectivity index (χ1) is 5.47. The molecule has 66 valence electrons. The van der Waals surface area contributed by atoms with Crippen molar-refractivity contribution in [2.45, 2.75) is 6.16 Å². The molecule has 0 saturated carbocycles. The Labute approximate surface area is 81.7 Å². The fourth-order valence-electron chi connectivity index (χ4n) is 0.851. The van der Waals surface area contributed by atoms with Crippen LogP contribution in [0.15, 0.2) is 24.3 Å². The zero-order chi connectivity index (χ0) is 9.19. The highest BCUT2D eigenvalue weighted by atomic mass is 35.5. The van der Waals surface area contributed by atoms with Crippen molar-refractivity contribution in [3.8, 4) is 0 Å². The van der Waals surface area contributed by atoms with Crippen LogP contribution in [-0.2, 0) is 10.7 Å². The molecule has 2 nitrogen and oxygen atoms in total. The van der Waals surface area contributed by atoms with E-state index in [1.165, 1.54) is 0 Å². The Kier molecular flexibility index (Phi) is 3.24. The summed E-state index contributed by atoms with van der Waals surface area (Å²) < 4.78 is 11.1. The van der Waals surface area contributed by atoms with Crippen LogP contribution in [0.2, 0.25) is 5.02 Å². The predicted molar refractivity (Wildman–Crippen MR) is 55.9 cm³/mol. The SMILES string of the molecule is NP(=O)(S)Cc1ccc(Cl)cc1. The van der Waals surface area contributed by atoms with Crippen molar-refractivity contribution in [2.24, 2.45) is 5.50 Å². The van der Waals surface area contributed by atoms with Crippen LogP contribution in [-0.4, -0.2) is 0 Å². The summed E-state index contributed by atoms with van der Waals surface area (Å²) in [7, 11) is 0. The molecular formula is C7H9ClNOPS. The highest BCUT2D eigenvalue weighted by Crippen LogP contribution is 2.45. The van der Waals surface area contributed by atoms with Gasteiger partial charge in [0.1, 0.15) is 0 Å². The lowest BCUT2D eigenvalue weighted by Crippen LogP contribution is -1.91. The van der Waals surface area contributed by atoms with E-state index in [4.69, 9.17) is 17.1 Å². The van der Waals surface area contributed by atoms with Gasteiger partial charge in [0.05, 0.1) is 0 Å². The van der Waals surface area contributed by atoms with E-state index in [9.17, 15) is 4.57 Å². The van der Waals surface area contributed by atoms with Gasteiger partial charge in [0, 0.05) is 11.2 Å². The maximum absolute atomic E-state index is 11.1. The minimum atomic E-state index is -2.75. The average molecular weight is 222 g/mol. The van der Waals surface area contributed by atoms with Gasteiger partial charge in [-0.25, -0.2) is 0 Å². The molecule has 12 heavy (non-hydrogen) atoms. The van der Waals surface area contributed by atoms with Crippen molar-refractivity contribution in [2.75, 3.05) is 0 Å². The summed E-state index contributed by atoms with van der Waals surface area (Å²) in [6.07, 6.45) is 0.299. The van der Waals surface area contributed by atoms with E-state index in [0.717, 1.165) is 5.56 Å². The van der Waals surface area contributed by atoms with Crippen LogP contribution in [0.25, 0.3) is 0 Å². The molecule has 0 amide bonds. The lowest BCUT2D eigenvalue weighted by molar-refractivity contribution is 0.585. The third-order valence-electron chi connectivity index (χ3n) is 1.32. The Morgan fingerprint density at radius 2 is 1.92 bits per heavy atom. The number of thiol groups is 1. The van der Waals surface area contributed by atoms with Gasteiger partial charge in [-0.1, -0.05) is 36.0 Å². The van der Waals surface area contributed by atoms with E-state index in [-0.39, 0.29) is 0 Å². The summed E-state index contributed by atoms with van der Waals surface area (Å²) in [5.74, 6) is 0. The molecular weight excluding hydrogens is 213 g/mol. The third kappa shape index (κ3) is 3.63. The second kappa shape index (κ2) is 3.84. The first-order valence-corrected chi connectivity index (χ1v) is 6.81. The van der Waals surface area contributed by atoms with E-state index in [0.29, 0.717) is 11.2 Å². The van der Waals surface area contributed by atoms with Crippen LogP contribution < -0.4 is 5.50 Å². The van der Waals surface area contributed by atoms with Crippen molar-refractivity contribution < 1.29 is 4.57 Å². The molecule has 0 aliphatic heterocycles. The summed E-state index contributed by atoms with van der Waals surface area (Å²) in [6, 6.07) is 7.05. The van der Waals surface area contributed by atoms with Crippen molar-refractivity contribution in [3.05, 3.63) is 34.9 Å². The van der Waals surface area contributed by atoms with E-state index in [1.54, 1.807) is 24.3 Å². The van der Waals surface area contributed by atoms with Gasteiger partial charge >= 0.3 is 0 Å². The molecule has 1 atom stereocenters. The van der Waals surface area contributed by atoms with Gasteiger partial charge in [0.15, 0.2) is 6.49 Å². The van der Waals surface area contributed by atoms with Crippen LogP contribution in [0.1, 0.15) is 5.56 Å². The molecule has 5 heteroatoms. The van der Waals surface area contributed by atoms with Gasteiger partial charge < -0.3 is 0 Å². The number of benzene rings is 1. The van der Waals surface area contributed by atoms with Gasteiger partial charge in [-0.15, -0.1) is 0 Å². The minimum absolute atomic E-state index is 0.299. The number of nitrogens with two attached hydrogens (primary N) is 1. The zero-order valence-electron chi connectivity index (χ0n) is 6.27. The fourth-order valence-corrected chi connectivity index (χ4v) is 2.20. The summed E-state index contributed by atoms with van der Waals surface area (Å²) in [4.78, 5) is 0. The van der Waals surface area contributed by atoms with Crippen LogP contribution in [0.5, 0.6) is 0 Å². The van der Waals surface area contributed by atoms with Crippen LogP contribution >= 0.6 is 30.3 Å². The summed E-state index contributed by atoms with van der Waals surface area (Å²) >= 11 is 9.46. The number of halogens is 1. The van der Waals surface area contributed by atoms with Gasteiger partial charge in [0.2, 0.25) is 0 Å². The quantitative estimate of drug-likeness (QED) is 0.596. The van der Waals surface area contributed by atoms with Crippen LogP contribution in [0.3, 0.4) is 0 Å². The second-order valence-electron chi connectivity index (χ2n) is 2.54. The van der Waals surface area contributed by atoms with Gasteiger partial charge in [-0.05, 0) is 17.7 Å². The molecule has 0 aromatic heterocycles. The van der Waals surface area contributed by atoms with Crippen LogP contribution in [0, 0.1) is 0 Å². The summed E-state index contributed by atoms with van der Waals surface area (Å²) in [6.45, 7) is -2.75. The van der Waals surface area contributed by atoms with Gasteiger partial charge in [-0.2, -0.15) is 0 Å². The highest BCUT2D eigenvalue weighted by molar-refractivity contribution is 8.46. The van der Waals surface area contributed by atoms with Crippen LogP contribution in [0.4, 0.5) is 0 Å². The van der Waals surface area contributed by atoms with Crippen molar-refractivity contribution in [1.82, 2.24) is 0 Å². The first kappa shape index (κ1) is 10.1. The molecule has 0 saturated heterocycles. The lowest BCUT2D eigenvalue weighted by Gasteiger charge is -2.04. The molecule has 0 heterocycles. The Balaban J connectivity index is 2.78. The molecule has 0 aliphatic carbocycles. The predicted octanol–water partition coefficient (Wildman–Crippen LogP) is 2.92. The molecule has 1 aromatic rings. The third-order valence-corrected chi connectivity index (χ3v) is 2.82. The Bertz CT molecular complexity index is 308. The number of rotatable bonds is 2. The van der Waals surface area contributed by atoms with Crippen molar-refractivity contribution >= 4 is 30.3 Å². The molecule has 1 rings (SSSR count).